The molecule has 0 spiro atoms. The fraction of sp³-hybridized carbons (Fsp3) is 0.455. The second-order valence-corrected chi connectivity index (χ2v) is 6.60. The number of nitrogens with one attached hydrogen (secondary N) is 3. The number of aromatic amines is 1. The van der Waals surface area contributed by atoms with Crippen molar-refractivity contribution >= 4 is 17.6 Å². The minimum atomic E-state index is -0.417. The van der Waals surface area contributed by atoms with E-state index in [1.165, 1.54) is 0 Å². The minimum Gasteiger partial charge on any atom is -0.497 e. The van der Waals surface area contributed by atoms with Crippen LogP contribution in [0.15, 0.2) is 24.3 Å². The van der Waals surface area contributed by atoms with Gasteiger partial charge in [0.15, 0.2) is 0 Å². The molecule has 0 saturated carbocycles. The molecule has 0 bridgehead atoms. The summed E-state index contributed by atoms with van der Waals surface area (Å²) < 4.78 is 10.4. The van der Waals surface area contributed by atoms with E-state index in [1.807, 2.05) is 31.2 Å². The summed E-state index contributed by atoms with van der Waals surface area (Å²) in [5.74, 6) is 0.151. The van der Waals surface area contributed by atoms with Gasteiger partial charge < -0.3 is 25.1 Å². The van der Waals surface area contributed by atoms with Gasteiger partial charge in [0.05, 0.1) is 25.8 Å². The molecular weight excluding hydrogens is 370 g/mol. The third-order valence-electron chi connectivity index (χ3n) is 4.62. The number of H-pyrrole nitrogens is 1. The third-order valence-corrected chi connectivity index (χ3v) is 4.62. The number of anilines is 1. The van der Waals surface area contributed by atoms with Gasteiger partial charge in [-0.05, 0) is 49.6 Å². The predicted octanol–water partition coefficient (Wildman–Crippen LogP) is 3.90. The summed E-state index contributed by atoms with van der Waals surface area (Å²) in [6.45, 7) is 7.00. The molecule has 2 rings (SSSR count). The Hall–Kier alpha value is -2.96. The molecule has 2 aromatic rings. The number of unbranched alkanes of at least 4 members (excludes halogenated alkanes) is 1. The van der Waals surface area contributed by atoms with Gasteiger partial charge in [-0.1, -0.05) is 20.3 Å². The van der Waals surface area contributed by atoms with Gasteiger partial charge in [0.25, 0.3) is 5.91 Å². The van der Waals surface area contributed by atoms with Gasteiger partial charge >= 0.3 is 5.97 Å². The number of carbonyl (C=O) groups excluding carboxylic acids is 2. The first kappa shape index (κ1) is 22.3. The molecule has 0 saturated heterocycles. The van der Waals surface area contributed by atoms with Gasteiger partial charge in [0.1, 0.15) is 11.4 Å². The lowest BCUT2D eigenvalue weighted by atomic mass is 10.1. The van der Waals surface area contributed by atoms with Crippen molar-refractivity contribution in [1.82, 2.24) is 10.3 Å². The smallest absolute Gasteiger partial charge is 0.340 e. The van der Waals surface area contributed by atoms with Crippen molar-refractivity contribution in [2.24, 2.45) is 0 Å². The van der Waals surface area contributed by atoms with Crippen molar-refractivity contribution in [3.8, 4) is 5.75 Å². The highest BCUT2D eigenvalue weighted by Gasteiger charge is 2.26. The molecule has 1 heterocycles. The Bertz CT molecular complexity index is 812. The maximum atomic E-state index is 12.7. The lowest BCUT2D eigenvalue weighted by Gasteiger charge is -2.09. The Morgan fingerprint density at radius 2 is 1.83 bits per heavy atom. The van der Waals surface area contributed by atoms with Crippen molar-refractivity contribution < 1.29 is 19.1 Å². The zero-order valence-corrected chi connectivity index (χ0v) is 17.7. The zero-order chi connectivity index (χ0) is 21.2. The van der Waals surface area contributed by atoms with E-state index in [2.05, 4.69) is 22.5 Å². The number of methoxy groups -OCH3 is 1. The number of hydrogen-bond donors (Lipinski definition) is 3. The van der Waals surface area contributed by atoms with Crippen molar-refractivity contribution in [2.45, 2.75) is 46.6 Å². The molecule has 0 aliphatic rings. The molecule has 0 aliphatic heterocycles. The molecule has 0 radical (unpaired) electrons. The first-order valence-corrected chi connectivity index (χ1v) is 10.1. The number of esters is 1. The molecule has 29 heavy (non-hydrogen) atoms. The topological polar surface area (TPSA) is 92.5 Å². The molecule has 1 aromatic heterocycles. The maximum absolute atomic E-state index is 12.7. The summed E-state index contributed by atoms with van der Waals surface area (Å²) in [5.41, 5.74) is 3.07. The van der Waals surface area contributed by atoms with Crippen molar-refractivity contribution in [1.29, 1.82) is 0 Å². The monoisotopic (exact) mass is 401 g/mol. The number of amides is 1. The van der Waals surface area contributed by atoms with Crippen LogP contribution < -0.4 is 15.4 Å². The second kappa shape index (κ2) is 11.1. The number of hydrogen-bond acceptors (Lipinski definition) is 5. The quantitative estimate of drug-likeness (QED) is 0.392. The van der Waals surface area contributed by atoms with Crippen LogP contribution in [-0.2, 0) is 17.7 Å². The number of rotatable bonds is 11. The number of benzene rings is 1. The van der Waals surface area contributed by atoms with E-state index in [9.17, 15) is 9.59 Å². The Balaban J connectivity index is 2.29. The molecular formula is C22H31N3O4. The fourth-order valence-electron chi connectivity index (χ4n) is 3.09. The van der Waals surface area contributed by atoms with E-state index in [-0.39, 0.29) is 12.5 Å². The summed E-state index contributed by atoms with van der Waals surface area (Å²) in [4.78, 5) is 28.4. The summed E-state index contributed by atoms with van der Waals surface area (Å²) >= 11 is 0. The molecule has 158 valence electrons. The van der Waals surface area contributed by atoms with Gasteiger partial charge in [-0.25, -0.2) is 4.79 Å². The highest BCUT2D eigenvalue weighted by Crippen LogP contribution is 2.23. The van der Waals surface area contributed by atoms with Gasteiger partial charge in [-0.3, -0.25) is 4.79 Å². The van der Waals surface area contributed by atoms with Crippen LogP contribution in [0.3, 0.4) is 0 Å². The van der Waals surface area contributed by atoms with Gasteiger partial charge in [-0.2, -0.15) is 0 Å². The average Bonchev–Trinajstić information content (AvgIpc) is 3.11. The molecule has 0 fully saturated rings. The largest absolute Gasteiger partial charge is 0.497 e. The molecule has 3 N–H and O–H groups in total. The Morgan fingerprint density at radius 1 is 1.10 bits per heavy atom. The minimum absolute atomic E-state index is 0.198. The highest BCUT2D eigenvalue weighted by molar-refractivity contribution is 6.00. The molecule has 1 amide bonds. The Morgan fingerprint density at radius 3 is 2.41 bits per heavy atom. The Kier molecular flexibility index (Phi) is 8.58. The van der Waals surface area contributed by atoms with Gasteiger partial charge in [-0.15, -0.1) is 0 Å². The van der Waals surface area contributed by atoms with Crippen LogP contribution in [0, 0.1) is 0 Å². The zero-order valence-electron chi connectivity index (χ0n) is 17.7. The summed E-state index contributed by atoms with van der Waals surface area (Å²) in [6.07, 6.45) is 2.45. The van der Waals surface area contributed by atoms with E-state index < -0.39 is 5.97 Å². The van der Waals surface area contributed by atoms with Gasteiger partial charge in [0, 0.05) is 17.9 Å². The molecule has 1 aromatic carbocycles. The van der Waals surface area contributed by atoms with Gasteiger partial charge in [0.2, 0.25) is 0 Å². The maximum Gasteiger partial charge on any atom is 0.340 e. The highest BCUT2D eigenvalue weighted by atomic mass is 16.5. The van der Waals surface area contributed by atoms with E-state index in [1.54, 1.807) is 14.0 Å². The lowest BCUT2D eigenvalue weighted by molar-refractivity contribution is 0.0524. The van der Waals surface area contributed by atoms with E-state index in [0.29, 0.717) is 42.0 Å². The number of aromatic nitrogens is 1. The Labute approximate surface area is 172 Å². The molecule has 0 aliphatic carbocycles. The summed E-state index contributed by atoms with van der Waals surface area (Å²) in [6, 6.07) is 7.50. The first-order chi connectivity index (χ1) is 14.0. The van der Waals surface area contributed by atoms with Crippen LogP contribution in [0.1, 0.15) is 65.7 Å². The SMILES string of the molecule is CCCCNC(=O)c1[nH]c(CNc2ccc(OC)cc2)c(C(=O)OCC)c1CC. The first-order valence-electron chi connectivity index (χ1n) is 10.1. The normalized spacial score (nSPS) is 10.5. The van der Waals surface area contributed by atoms with Crippen molar-refractivity contribution in [3.05, 3.63) is 46.8 Å². The number of carbonyl (C=O) groups is 2. The van der Waals surface area contributed by atoms with E-state index in [4.69, 9.17) is 9.47 Å². The fourth-order valence-corrected chi connectivity index (χ4v) is 3.09. The summed E-state index contributed by atoms with van der Waals surface area (Å²) in [7, 11) is 1.62. The van der Waals surface area contributed by atoms with E-state index in [0.717, 1.165) is 24.3 Å². The molecule has 0 atom stereocenters. The standard InChI is InChI=1S/C22H31N3O4/c1-5-8-13-23-21(26)20-17(6-2)19(22(27)29-7-3)18(25-20)14-24-15-9-11-16(28-4)12-10-15/h9-12,24-25H,5-8,13-14H2,1-4H3,(H,23,26). The average molecular weight is 402 g/mol. The number of ether oxygens (including phenoxy) is 2. The van der Waals surface area contributed by atoms with Crippen LogP contribution in [0.25, 0.3) is 0 Å². The van der Waals surface area contributed by atoms with Crippen molar-refractivity contribution in [3.63, 3.8) is 0 Å². The molecule has 7 nitrogen and oxygen atoms in total. The van der Waals surface area contributed by atoms with Crippen LogP contribution in [0.4, 0.5) is 5.69 Å². The van der Waals surface area contributed by atoms with Crippen LogP contribution in [-0.4, -0.2) is 37.1 Å². The van der Waals surface area contributed by atoms with Crippen LogP contribution in [0.5, 0.6) is 5.75 Å². The third kappa shape index (κ3) is 5.76. The molecule has 0 unspecified atom stereocenters. The van der Waals surface area contributed by atoms with E-state index >= 15 is 0 Å². The summed E-state index contributed by atoms with van der Waals surface area (Å²) in [5, 5.41) is 6.20. The van der Waals surface area contributed by atoms with Crippen molar-refractivity contribution in [2.75, 3.05) is 25.6 Å². The predicted molar refractivity (Wildman–Crippen MR) is 114 cm³/mol. The van der Waals surface area contributed by atoms with Crippen LogP contribution >= 0.6 is 0 Å². The molecule has 7 heteroatoms. The second-order valence-electron chi connectivity index (χ2n) is 6.60. The lowest BCUT2D eigenvalue weighted by Crippen LogP contribution is -2.25. The van der Waals surface area contributed by atoms with Crippen LogP contribution in [0.2, 0.25) is 0 Å².